The van der Waals surface area contributed by atoms with Gasteiger partial charge in [0.2, 0.25) is 5.88 Å². The average molecular weight is 502 g/mol. The number of halogens is 2. The minimum absolute atomic E-state index is 0.262. The molecular weight excluding hydrogens is 481 g/mol. The van der Waals surface area contributed by atoms with Gasteiger partial charge >= 0.3 is 0 Å². The van der Waals surface area contributed by atoms with Crippen LogP contribution in [-0.4, -0.2) is 49.8 Å². The summed E-state index contributed by atoms with van der Waals surface area (Å²) in [5.41, 5.74) is 1.63. The number of methoxy groups -OCH3 is 1. The number of benzene rings is 1. The van der Waals surface area contributed by atoms with Gasteiger partial charge in [0.1, 0.15) is 21.5 Å². The van der Waals surface area contributed by atoms with Gasteiger partial charge in [0.15, 0.2) is 5.01 Å². The highest BCUT2D eigenvalue weighted by Gasteiger charge is 2.33. The summed E-state index contributed by atoms with van der Waals surface area (Å²) >= 11 is 7.00. The lowest BCUT2D eigenvalue weighted by molar-refractivity contribution is 0.0747. The molecule has 1 amide bonds. The zero-order valence-corrected chi connectivity index (χ0v) is 19.7. The molecule has 5 rings (SSSR count). The Bertz CT molecular complexity index is 1360. The van der Waals surface area contributed by atoms with E-state index in [1.165, 1.54) is 19.4 Å². The van der Waals surface area contributed by atoms with Gasteiger partial charge in [0, 0.05) is 18.2 Å². The molecular formula is C23H21ClFN5O3S. The largest absolute Gasteiger partial charge is 0.481 e. The van der Waals surface area contributed by atoms with Gasteiger partial charge in [-0.1, -0.05) is 35.1 Å². The third-order valence-electron chi connectivity index (χ3n) is 5.90. The third kappa shape index (κ3) is 4.36. The maximum Gasteiger partial charge on any atom is 0.280 e. The molecule has 0 saturated heterocycles. The van der Waals surface area contributed by atoms with E-state index in [1.807, 2.05) is 4.57 Å². The van der Waals surface area contributed by atoms with E-state index in [2.05, 4.69) is 20.3 Å². The molecule has 34 heavy (non-hydrogen) atoms. The number of hydrogen-bond acceptors (Lipinski definition) is 7. The van der Waals surface area contributed by atoms with E-state index in [1.54, 1.807) is 30.5 Å². The number of ether oxygens (including phenoxy) is 1. The Morgan fingerprint density at radius 3 is 2.82 bits per heavy atom. The lowest BCUT2D eigenvalue weighted by atomic mass is 9.88. The van der Waals surface area contributed by atoms with Crippen molar-refractivity contribution in [2.75, 3.05) is 7.11 Å². The standard InChI is InChI=1S/C23H21ClFN5O3S/c1-33-20-9-18-17(10-26-20)29-21(15-4-2-3-5-16(15)25)30(18)13-6-12(7-14(31)8-13)28-22(32)23-27-11-19(24)34-23/h2-5,9-14,31H,6-8H2,1H3,(H,28,32)/t12-,13+,14+/m0/s1. The lowest BCUT2D eigenvalue weighted by Gasteiger charge is -2.34. The van der Waals surface area contributed by atoms with Crippen molar-refractivity contribution in [1.82, 2.24) is 24.8 Å². The predicted octanol–water partition coefficient (Wildman–Crippen LogP) is 4.24. The first-order valence-electron chi connectivity index (χ1n) is 10.7. The SMILES string of the molecule is COc1cc2c(cn1)nc(-c1ccccc1F)n2[C@H]1C[C@H](O)C[C@@H](NC(=O)c2ncc(Cl)s2)C1. The van der Waals surface area contributed by atoms with Crippen LogP contribution in [0.2, 0.25) is 4.34 Å². The van der Waals surface area contributed by atoms with Gasteiger partial charge in [-0.2, -0.15) is 0 Å². The van der Waals surface area contributed by atoms with Gasteiger partial charge < -0.3 is 19.7 Å². The van der Waals surface area contributed by atoms with Crippen LogP contribution in [0.1, 0.15) is 35.1 Å². The number of carbonyl (C=O) groups is 1. The smallest absolute Gasteiger partial charge is 0.280 e. The molecule has 3 atom stereocenters. The van der Waals surface area contributed by atoms with Crippen LogP contribution < -0.4 is 10.1 Å². The number of imidazole rings is 1. The zero-order chi connectivity index (χ0) is 23.8. The Labute approximate surface area is 203 Å². The number of aromatic nitrogens is 4. The minimum Gasteiger partial charge on any atom is -0.481 e. The molecule has 0 radical (unpaired) electrons. The van der Waals surface area contributed by atoms with Gasteiger partial charge in [-0.05, 0) is 31.4 Å². The number of hydrogen-bond donors (Lipinski definition) is 2. The van der Waals surface area contributed by atoms with Gasteiger partial charge in [0.05, 0.1) is 36.7 Å². The highest BCUT2D eigenvalue weighted by molar-refractivity contribution is 7.17. The van der Waals surface area contributed by atoms with E-state index >= 15 is 0 Å². The molecule has 4 aromatic rings. The van der Waals surface area contributed by atoms with Crippen LogP contribution in [0.5, 0.6) is 5.88 Å². The molecule has 1 aliphatic carbocycles. The monoisotopic (exact) mass is 501 g/mol. The first kappa shape index (κ1) is 22.7. The number of amides is 1. The molecule has 1 fully saturated rings. The van der Waals surface area contributed by atoms with Crippen LogP contribution in [0.25, 0.3) is 22.4 Å². The average Bonchev–Trinajstić information content (AvgIpc) is 3.42. The molecule has 1 aliphatic rings. The zero-order valence-electron chi connectivity index (χ0n) is 18.1. The maximum absolute atomic E-state index is 14.8. The molecule has 2 N–H and O–H groups in total. The van der Waals surface area contributed by atoms with Crippen molar-refractivity contribution in [3.63, 3.8) is 0 Å². The van der Waals surface area contributed by atoms with Crippen molar-refractivity contribution in [2.24, 2.45) is 0 Å². The number of thiazole rings is 1. The van der Waals surface area contributed by atoms with Gasteiger partial charge in [0.25, 0.3) is 5.91 Å². The minimum atomic E-state index is -0.668. The van der Waals surface area contributed by atoms with Crippen molar-refractivity contribution < 1.29 is 19.0 Å². The summed E-state index contributed by atoms with van der Waals surface area (Å²) in [5.74, 6) is 0.0842. The fourth-order valence-corrected chi connectivity index (χ4v) is 5.30. The summed E-state index contributed by atoms with van der Waals surface area (Å²) in [7, 11) is 1.52. The summed E-state index contributed by atoms with van der Waals surface area (Å²) in [6.07, 6.45) is 3.68. The van der Waals surface area contributed by atoms with E-state index in [9.17, 15) is 14.3 Å². The Morgan fingerprint density at radius 2 is 2.09 bits per heavy atom. The summed E-state index contributed by atoms with van der Waals surface area (Å²) in [6.45, 7) is 0. The molecule has 176 valence electrons. The molecule has 3 heterocycles. The number of carbonyl (C=O) groups excluding carboxylic acids is 1. The van der Waals surface area contributed by atoms with E-state index in [0.29, 0.717) is 51.9 Å². The van der Waals surface area contributed by atoms with Gasteiger partial charge in [-0.3, -0.25) is 4.79 Å². The molecule has 0 bridgehead atoms. The Morgan fingerprint density at radius 1 is 1.26 bits per heavy atom. The van der Waals surface area contributed by atoms with Gasteiger partial charge in [-0.25, -0.2) is 19.3 Å². The molecule has 0 spiro atoms. The van der Waals surface area contributed by atoms with Crippen LogP contribution in [0, 0.1) is 5.82 Å². The van der Waals surface area contributed by atoms with Crippen LogP contribution in [-0.2, 0) is 0 Å². The third-order valence-corrected chi connectivity index (χ3v) is 7.02. The summed E-state index contributed by atoms with van der Waals surface area (Å²) in [4.78, 5) is 25.6. The number of nitrogens with one attached hydrogen (secondary N) is 1. The normalized spacial score (nSPS) is 20.4. The second-order valence-electron chi connectivity index (χ2n) is 8.16. The van der Waals surface area contributed by atoms with Crippen LogP contribution in [0.15, 0.2) is 42.7 Å². The first-order chi connectivity index (χ1) is 16.4. The maximum atomic E-state index is 14.8. The van der Waals surface area contributed by atoms with Crippen molar-refractivity contribution in [3.05, 3.63) is 57.9 Å². The summed E-state index contributed by atoms with van der Waals surface area (Å²) < 4.78 is 22.4. The quantitative estimate of drug-likeness (QED) is 0.424. The van der Waals surface area contributed by atoms with Crippen LogP contribution in [0.3, 0.4) is 0 Å². The summed E-state index contributed by atoms with van der Waals surface area (Å²) in [5, 5.41) is 13.9. The van der Waals surface area contributed by atoms with E-state index in [-0.39, 0.29) is 23.0 Å². The second-order valence-corrected chi connectivity index (χ2v) is 9.82. The highest BCUT2D eigenvalue weighted by atomic mass is 35.5. The second kappa shape index (κ2) is 9.28. The lowest BCUT2D eigenvalue weighted by Crippen LogP contribution is -2.43. The molecule has 8 nitrogen and oxygen atoms in total. The number of aliphatic hydroxyl groups excluding tert-OH is 1. The predicted molar refractivity (Wildman–Crippen MR) is 127 cm³/mol. The van der Waals surface area contributed by atoms with E-state index < -0.39 is 11.9 Å². The van der Waals surface area contributed by atoms with Gasteiger partial charge in [-0.15, -0.1) is 0 Å². The molecule has 3 aromatic heterocycles. The Kier molecular flexibility index (Phi) is 6.20. The molecule has 0 unspecified atom stereocenters. The number of fused-ring (bicyclic) bond motifs is 1. The summed E-state index contributed by atoms with van der Waals surface area (Å²) in [6, 6.07) is 7.59. The Balaban J connectivity index is 1.54. The van der Waals surface area contributed by atoms with Crippen LogP contribution >= 0.6 is 22.9 Å². The topological polar surface area (TPSA) is 102 Å². The molecule has 0 aliphatic heterocycles. The van der Waals surface area contributed by atoms with Crippen molar-refractivity contribution >= 4 is 39.9 Å². The first-order valence-corrected chi connectivity index (χ1v) is 11.9. The molecule has 11 heteroatoms. The van der Waals surface area contributed by atoms with E-state index in [4.69, 9.17) is 16.3 Å². The Hall–Kier alpha value is -3.08. The molecule has 1 aromatic carbocycles. The number of aliphatic hydroxyl groups is 1. The van der Waals surface area contributed by atoms with Crippen molar-refractivity contribution in [3.8, 4) is 17.3 Å². The van der Waals surface area contributed by atoms with Crippen molar-refractivity contribution in [1.29, 1.82) is 0 Å². The highest BCUT2D eigenvalue weighted by Crippen LogP contribution is 2.37. The van der Waals surface area contributed by atoms with Crippen molar-refractivity contribution in [2.45, 2.75) is 37.5 Å². The number of pyridine rings is 1. The van der Waals surface area contributed by atoms with Crippen LogP contribution in [0.4, 0.5) is 4.39 Å². The number of rotatable bonds is 5. The number of nitrogens with zero attached hydrogens (tertiary/aromatic N) is 4. The fourth-order valence-electron chi connectivity index (χ4n) is 4.49. The van der Waals surface area contributed by atoms with E-state index in [0.717, 1.165) is 11.3 Å². The molecule has 1 saturated carbocycles. The fraction of sp³-hybridized carbons (Fsp3) is 0.304.